The van der Waals surface area contributed by atoms with E-state index in [1.807, 2.05) is 0 Å². The van der Waals surface area contributed by atoms with Crippen molar-refractivity contribution in [1.82, 2.24) is 0 Å². The van der Waals surface area contributed by atoms with Gasteiger partial charge in [-0.15, -0.1) is 0 Å². The van der Waals surface area contributed by atoms with Gasteiger partial charge in [0.25, 0.3) is 0 Å². The molecule has 0 fully saturated rings. The van der Waals surface area contributed by atoms with Gasteiger partial charge in [-0.05, 0) is 17.8 Å². The molecule has 12 heavy (non-hydrogen) atoms. The predicted octanol–water partition coefficient (Wildman–Crippen LogP) is 3.17. The Morgan fingerprint density at radius 3 is 2.33 bits per heavy atom. The van der Waals surface area contributed by atoms with E-state index >= 15 is 0 Å². The van der Waals surface area contributed by atoms with Crippen molar-refractivity contribution in [2.75, 3.05) is 5.75 Å². The van der Waals surface area contributed by atoms with Crippen LogP contribution >= 0.6 is 18.6 Å². The molecule has 0 amide bonds. The van der Waals surface area contributed by atoms with Gasteiger partial charge in [-0.3, -0.25) is 4.57 Å². The molecule has 2 atom stereocenters. The van der Waals surface area contributed by atoms with Crippen LogP contribution in [0.3, 0.4) is 0 Å². The van der Waals surface area contributed by atoms with Crippen LogP contribution in [-0.4, -0.2) is 10.6 Å². The molecular formula is C8H19O2PS. The summed E-state index contributed by atoms with van der Waals surface area (Å²) in [5.74, 6) is 1.32. The van der Waals surface area contributed by atoms with Crippen LogP contribution in [0.2, 0.25) is 0 Å². The fourth-order valence-electron chi connectivity index (χ4n) is 1.32. The zero-order valence-electron chi connectivity index (χ0n) is 8.26. The van der Waals surface area contributed by atoms with E-state index in [9.17, 15) is 4.57 Å². The van der Waals surface area contributed by atoms with Crippen molar-refractivity contribution in [1.29, 1.82) is 0 Å². The maximum atomic E-state index is 10.4. The second kappa shape index (κ2) is 5.31. The van der Waals surface area contributed by atoms with E-state index < -0.39 is 7.23 Å². The first kappa shape index (κ1) is 12.5. The lowest BCUT2D eigenvalue weighted by Crippen LogP contribution is -2.12. The van der Waals surface area contributed by atoms with Gasteiger partial charge in [-0.1, -0.05) is 39.1 Å². The van der Waals surface area contributed by atoms with Crippen LogP contribution in [0.15, 0.2) is 0 Å². The Bertz CT molecular complexity index is 154. The quantitative estimate of drug-likeness (QED) is 0.724. The molecule has 4 heteroatoms. The van der Waals surface area contributed by atoms with Crippen molar-refractivity contribution >= 4 is 18.6 Å². The van der Waals surface area contributed by atoms with Crippen molar-refractivity contribution < 1.29 is 9.46 Å². The van der Waals surface area contributed by atoms with Crippen molar-refractivity contribution in [2.45, 2.75) is 34.1 Å². The third kappa shape index (κ3) is 8.63. The molecule has 0 aromatic carbocycles. The molecule has 0 rings (SSSR count). The van der Waals surface area contributed by atoms with Crippen molar-refractivity contribution in [3.05, 3.63) is 0 Å². The van der Waals surface area contributed by atoms with Gasteiger partial charge in [0, 0.05) is 5.75 Å². The SMILES string of the molecule is CC(CS[PH](=O)O)CC(C)(C)C. The highest BCUT2D eigenvalue weighted by molar-refractivity contribution is 8.50. The summed E-state index contributed by atoms with van der Waals surface area (Å²) in [6.45, 7) is 8.70. The van der Waals surface area contributed by atoms with Crippen LogP contribution in [0.25, 0.3) is 0 Å². The highest BCUT2D eigenvalue weighted by Gasteiger charge is 2.15. The molecule has 0 saturated heterocycles. The molecule has 0 saturated carbocycles. The number of rotatable bonds is 4. The molecule has 0 aromatic rings. The first-order valence-corrected chi connectivity index (χ1v) is 7.23. The highest BCUT2D eigenvalue weighted by atomic mass is 32.7. The Hall–Kier alpha value is 0.540. The van der Waals surface area contributed by atoms with Crippen molar-refractivity contribution in [3.63, 3.8) is 0 Å². The minimum Gasteiger partial charge on any atom is -0.339 e. The van der Waals surface area contributed by atoms with Gasteiger partial charge in [-0.25, -0.2) is 0 Å². The maximum absolute atomic E-state index is 10.4. The Kier molecular flexibility index (Phi) is 5.55. The zero-order valence-corrected chi connectivity index (χ0v) is 10.1. The van der Waals surface area contributed by atoms with Gasteiger partial charge in [0.1, 0.15) is 0 Å². The largest absolute Gasteiger partial charge is 0.339 e. The first-order chi connectivity index (χ1) is 5.31. The number of hydrogen-bond acceptors (Lipinski definition) is 2. The van der Waals surface area contributed by atoms with Crippen LogP contribution in [0.1, 0.15) is 34.1 Å². The van der Waals surface area contributed by atoms with E-state index in [4.69, 9.17) is 4.89 Å². The molecular weight excluding hydrogens is 191 g/mol. The normalized spacial score (nSPS) is 17.4. The van der Waals surface area contributed by atoms with Gasteiger partial charge >= 0.3 is 0 Å². The van der Waals surface area contributed by atoms with E-state index in [2.05, 4.69) is 27.7 Å². The summed E-state index contributed by atoms with van der Waals surface area (Å²) in [5.41, 5.74) is 0.325. The minimum absolute atomic E-state index is 0.325. The third-order valence-corrected chi connectivity index (χ3v) is 3.68. The maximum Gasteiger partial charge on any atom is 0.243 e. The molecule has 0 aromatic heterocycles. The highest BCUT2D eigenvalue weighted by Crippen LogP contribution is 2.36. The molecule has 0 spiro atoms. The summed E-state index contributed by atoms with van der Waals surface area (Å²) < 4.78 is 10.4. The summed E-state index contributed by atoms with van der Waals surface area (Å²) >= 11 is 1.18. The van der Waals surface area contributed by atoms with E-state index in [0.29, 0.717) is 11.3 Å². The Morgan fingerprint density at radius 2 is 2.00 bits per heavy atom. The smallest absolute Gasteiger partial charge is 0.243 e. The average molecular weight is 210 g/mol. The molecule has 1 N–H and O–H groups in total. The average Bonchev–Trinajstić information content (AvgIpc) is 1.79. The van der Waals surface area contributed by atoms with Gasteiger partial charge < -0.3 is 4.89 Å². The minimum atomic E-state index is -2.32. The lowest BCUT2D eigenvalue weighted by molar-refractivity contribution is 0.323. The molecule has 0 radical (unpaired) electrons. The van der Waals surface area contributed by atoms with Crippen LogP contribution < -0.4 is 0 Å². The fraction of sp³-hybridized carbons (Fsp3) is 1.00. The molecule has 0 aliphatic carbocycles. The fourth-order valence-corrected chi connectivity index (χ4v) is 3.14. The van der Waals surface area contributed by atoms with Gasteiger partial charge in [0.15, 0.2) is 0 Å². The Balaban J connectivity index is 3.60. The van der Waals surface area contributed by atoms with Gasteiger partial charge in [-0.2, -0.15) is 0 Å². The van der Waals surface area contributed by atoms with E-state index in [1.54, 1.807) is 0 Å². The topological polar surface area (TPSA) is 37.3 Å². The summed E-state index contributed by atoms with van der Waals surface area (Å²) in [6, 6.07) is 0. The van der Waals surface area contributed by atoms with Gasteiger partial charge in [0.2, 0.25) is 7.23 Å². The summed E-state index contributed by atoms with van der Waals surface area (Å²) in [6.07, 6.45) is 1.11. The van der Waals surface area contributed by atoms with E-state index in [1.165, 1.54) is 11.4 Å². The standard InChI is InChI=1S/C8H19O2PS/c1-7(5-8(2,3)4)6-12-11(9)10/h7,11H,5-6H2,1-4H3,(H,9,10). The zero-order chi connectivity index (χ0) is 9.78. The third-order valence-electron chi connectivity index (χ3n) is 1.45. The lowest BCUT2D eigenvalue weighted by Gasteiger charge is -2.22. The second-order valence-electron chi connectivity index (χ2n) is 4.45. The molecule has 2 unspecified atom stereocenters. The molecule has 0 bridgehead atoms. The summed E-state index contributed by atoms with van der Waals surface area (Å²) in [5, 5.41) is 0. The first-order valence-electron chi connectivity index (χ1n) is 4.17. The second-order valence-corrected chi connectivity index (χ2v) is 7.51. The number of hydrogen-bond donors (Lipinski definition) is 1. The van der Waals surface area contributed by atoms with Crippen molar-refractivity contribution in [3.8, 4) is 0 Å². The molecule has 0 aliphatic heterocycles. The molecule has 74 valence electrons. The van der Waals surface area contributed by atoms with Crippen LogP contribution in [0.5, 0.6) is 0 Å². The van der Waals surface area contributed by atoms with Crippen LogP contribution in [0.4, 0.5) is 0 Å². The van der Waals surface area contributed by atoms with Crippen LogP contribution in [-0.2, 0) is 4.57 Å². The Morgan fingerprint density at radius 1 is 1.50 bits per heavy atom. The van der Waals surface area contributed by atoms with E-state index in [0.717, 1.165) is 12.2 Å². The molecule has 0 aliphatic rings. The van der Waals surface area contributed by atoms with Crippen LogP contribution in [0, 0.1) is 11.3 Å². The Labute approximate surface area is 79.8 Å². The summed E-state index contributed by atoms with van der Waals surface area (Å²) in [4.78, 5) is 8.61. The summed E-state index contributed by atoms with van der Waals surface area (Å²) in [7, 11) is -2.32. The van der Waals surface area contributed by atoms with Gasteiger partial charge in [0.05, 0.1) is 0 Å². The molecule has 0 heterocycles. The lowest BCUT2D eigenvalue weighted by atomic mass is 9.86. The predicted molar refractivity (Wildman–Crippen MR) is 56.9 cm³/mol. The van der Waals surface area contributed by atoms with Crippen molar-refractivity contribution in [2.24, 2.45) is 11.3 Å². The van der Waals surface area contributed by atoms with E-state index in [-0.39, 0.29) is 0 Å². The monoisotopic (exact) mass is 210 g/mol. The molecule has 2 nitrogen and oxygen atoms in total.